The molecule has 2 heteroatoms. The minimum absolute atomic E-state index is 0.808. The van der Waals surface area contributed by atoms with Crippen LogP contribution in [-0.4, -0.2) is 26.2 Å². The van der Waals surface area contributed by atoms with Crippen LogP contribution in [0.2, 0.25) is 0 Å². The van der Waals surface area contributed by atoms with E-state index in [9.17, 15) is 0 Å². The highest BCUT2D eigenvalue weighted by Gasteiger charge is 2.18. The van der Waals surface area contributed by atoms with Gasteiger partial charge in [0.1, 0.15) is 0 Å². The second kappa shape index (κ2) is 5.55. The monoisotopic (exact) mass is 170 g/mol. The van der Waals surface area contributed by atoms with E-state index in [0.29, 0.717) is 0 Å². The van der Waals surface area contributed by atoms with E-state index in [1.807, 2.05) is 7.05 Å². The molecule has 1 rings (SSSR count). The summed E-state index contributed by atoms with van der Waals surface area (Å²) in [5.41, 5.74) is 0. The molecule has 2 atom stereocenters. The second-order valence-corrected chi connectivity index (χ2v) is 3.89. The largest absolute Gasteiger partial charge is 0.319 e. The van der Waals surface area contributed by atoms with Crippen molar-refractivity contribution in [3.05, 3.63) is 0 Å². The zero-order valence-electron chi connectivity index (χ0n) is 8.40. The Labute approximate surface area is 76.1 Å². The van der Waals surface area contributed by atoms with Crippen LogP contribution in [0.1, 0.15) is 32.6 Å². The van der Waals surface area contributed by atoms with Gasteiger partial charge in [0, 0.05) is 6.04 Å². The van der Waals surface area contributed by atoms with Gasteiger partial charge in [-0.3, -0.25) is 0 Å². The van der Waals surface area contributed by atoms with Gasteiger partial charge in [0.25, 0.3) is 0 Å². The van der Waals surface area contributed by atoms with E-state index in [-0.39, 0.29) is 0 Å². The van der Waals surface area contributed by atoms with Gasteiger partial charge in [-0.25, -0.2) is 0 Å². The molecule has 0 spiro atoms. The highest BCUT2D eigenvalue weighted by Crippen LogP contribution is 2.16. The molecule has 0 aromatic rings. The van der Waals surface area contributed by atoms with Crippen molar-refractivity contribution in [1.82, 2.24) is 10.6 Å². The first-order chi connectivity index (χ1) is 5.86. The zero-order valence-corrected chi connectivity index (χ0v) is 8.40. The summed E-state index contributed by atoms with van der Waals surface area (Å²) in [6.07, 6.45) is 5.44. The minimum atomic E-state index is 0.808. The summed E-state index contributed by atoms with van der Waals surface area (Å²) >= 11 is 0. The molecule has 0 aliphatic carbocycles. The van der Waals surface area contributed by atoms with Crippen LogP contribution in [0, 0.1) is 5.92 Å². The van der Waals surface area contributed by atoms with Gasteiger partial charge in [-0.1, -0.05) is 13.3 Å². The molecule has 2 nitrogen and oxygen atoms in total. The van der Waals surface area contributed by atoms with Crippen molar-refractivity contribution in [2.24, 2.45) is 5.92 Å². The first kappa shape index (κ1) is 10.0. The lowest BCUT2D eigenvalue weighted by atomic mass is 9.93. The lowest BCUT2D eigenvalue weighted by molar-refractivity contribution is 0.294. The van der Waals surface area contributed by atoms with E-state index >= 15 is 0 Å². The lowest BCUT2D eigenvalue weighted by Crippen LogP contribution is -2.41. The SMILES string of the molecule is CCCC1CCC(CNC)CN1. The van der Waals surface area contributed by atoms with E-state index in [1.165, 1.54) is 38.8 Å². The van der Waals surface area contributed by atoms with Gasteiger partial charge >= 0.3 is 0 Å². The molecule has 0 radical (unpaired) electrons. The Hall–Kier alpha value is -0.0800. The van der Waals surface area contributed by atoms with Crippen molar-refractivity contribution in [3.8, 4) is 0 Å². The number of hydrogen-bond acceptors (Lipinski definition) is 2. The molecule has 2 unspecified atom stereocenters. The molecular formula is C10H22N2. The second-order valence-electron chi connectivity index (χ2n) is 3.89. The molecule has 12 heavy (non-hydrogen) atoms. The predicted octanol–water partition coefficient (Wildman–Crippen LogP) is 1.37. The number of nitrogens with one attached hydrogen (secondary N) is 2. The van der Waals surface area contributed by atoms with Crippen molar-refractivity contribution in [3.63, 3.8) is 0 Å². The average molecular weight is 170 g/mol. The maximum Gasteiger partial charge on any atom is 0.00672 e. The molecule has 0 aromatic heterocycles. The van der Waals surface area contributed by atoms with E-state index in [2.05, 4.69) is 17.6 Å². The summed E-state index contributed by atoms with van der Waals surface area (Å²) in [5.74, 6) is 0.864. The van der Waals surface area contributed by atoms with Crippen LogP contribution in [0.5, 0.6) is 0 Å². The third-order valence-corrected chi connectivity index (χ3v) is 2.75. The van der Waals surface area contributed by atoms with Gasteiger partial charge in [0.15, 0.2) is 0 Å². The normalized spacial score (nSPS) is 30.5. The summed E-state index contributed by atoms with van der Waals surface area (Å²) in [4.78, 5) is 0. The van der Waals surface area contributed by atoms with E-state index in [1.54, 1.807) is 0 Å². The topological polar surface area (TPSA) is 24.1 Å². The standard InChI is InChI=1S/C10H22N2/c1-3-4-10-6-5-9(7-11-2)8-12-10/h9-12H,3-8H2,1-2H3. The fourth-order valence-electron chi connectivity index (χ4n) is 2.03. The van der Waals surface area contributed by atoms with Crippen molar-refractivity contribution in [1.29, 1.82) is 0 Å². The quantitative estimate of drug-likeness (QED) is 0.666. The Kier molecular flexibility index (Phi) is 4.62. The van der Waals surface area contributed by atoms with Crippen LogP contribution >= 0.6 is 0 Å². The summed E-state index contributed by atoms with van der Waals surface area (Å²) in [7, 11) is 2.04. The van der Waals surface area contributed by atoms with E-state index in [4.69, 9.17) is 0 Å². The Balaban J connectivity index is 2.11. The fourth-order valence-corrected chi connectivity index (χ4v) is 2.03. The average Bonchev–Trinajstić information content (AvgIpc) is 2.09. The van der Waals surface area contributed by atoms with Crippen molar-refractivity contribution >= 4 is 0 Å². The number of piperidine rings is 1. The van der Waals surface area contributed by atoms with Crippen LogP contribution in [-0.2, 0) is 0 Å². The van der Waals surface area contributed by atoms with Gasteiger partial charge in [0.2, 0.25) is 0 Å². The third kappa shape index (κ3) is 3.11. The van der Waals surface area contributed by atoms with Gasteiger partial charge < -0.3 is 10.6 Å². The molecular weight excluding hydrogens is 148 g/mol. The maximum atomic E-state index is 3.61. The predicted molar refractivity (Wildman–Crippen MR) is 53.3 cm³/mol. The van der Waals surface area contributed by atoms with Crippen molar-refractivity contribution < 1.29 is 0 Å². The summed E-state index contributed by atoms with van der Waals surface area (Å²) in [6.45, 7) is 4.65. The van der Waals surface area contributed by atoms with Crippen LogP contribution in [0.25, 0.3) is 0 Å². The summed E-state index contributed by atoms with van der Waals surface area (Å²) in [6, 6.07) is 0.808. The number of rotatable bonds is 4. The third-order valence-electron chi connectivity index (χ3n) is 2.75. The van der Waals surface area contributed by atoms with Crippen LogP contribution in [0.4, 0.5) is 0 Å². The minimum Gasteiger partial charge on any atom is -0.319 e. The van der Waals surface area contributed by atoms with Gasteiger partial charge in [-0.2, -0.15) is 0 Å². The molecule has 2 N–H and O–H groups in total. The molecule has 1 aliphatic heterocycles. The van der Waals surface area contributed by atoms with Gasteiger partial charge in [-0.15, -0.1) is 0 Å². The van der Waals surface area contributed by atoms with E-state index < -0.39 is 0 Å². The highest BCUT2D eigenvalue weighted by molar-refractivity contribution is 4.78. The molecule has 72 valence electrons. The number of hydrogen-bond donors (Lipinski definition) is 2. The summed E-state index contributed by atoms with van der Waals surface area (Å²) in [5, 5.41) is 6.86. The molecule has 0 amide bonds. The fraction of sp³-hybridized carbons (Fsp3) is 1.00. The first-order valence-electron chi connectivity index (χ1n) is 5.24. The highest BCUT2D eigenvalue weighted by atomic mass is 14.9. The van der Waals surface area contributed by atoms with Crippen molar-refractivity contribution in [2.45, 2.75) is 38.6 Å². The van der Waals surface area contributed by atoms with E-state index in [0.717, 1.165) is 12.0 Å². The Morgan fingerprint density at radius 2 is 2.25 bits per heavy atom. The lowest BCUT2D eigenvalue weighted by Gasteiger charge is -2.29. The molecule has 0 aromatic carbocycles. The van der Waals surface area contributed by atoms with Crippen LogP contribution in [0.3, 0.4) is 0 Å². The van der Waals surface area contributed by atoms with Crippen LogP contribution in [0.15, 0.2) is 0 Å². The van der Waals surface area contributed by atoms with Gasteiger partial charge in [-0.05, 0) is 45.3 Å². The Morgan fingerprint density at radius 3 is 2.75 bits per heavy atom. The zero-order chi connectivity index (χ0) is 8.81. The van der Waals surface area contributed by atoms with Crippen LogP contribution < -0.4 is 10.6 Å². The summed E-state index contributed by atoms with van der Waals surface area (Å²) < 4.78 is 0. The smallest absolute Gasteiger partial charge is 0.00672 e. The maximum absolute atomic E-state index is 3.61. The Morgan fingerprint density at radius 1 is 1.42 bits per heavy atom. The van der Waals surface area contributed by atoms with Crippen molar-refractivity contribution in [2.75, 3.05) is 20.1 Å². The Bertz CT molecular complexity index is 92.4. The molecule has 1 saturated heterocycles. The molecule has 1 aliphatic rings. The molecule has 1 fully saturated rings. The molecule has 0 saturated carbocycles. The molecule has 1 heterocycles. The molecule has 0 bridgehead atoms. The first-order valence-corrected chi connectivity index (χ1v) is 5.24. The van der Waals surface area contributed by atoms with Gasteiger partial charge in [0.05, 0.1) is 0 Å².